The molecule has 0 spiro atoms. The molecule has 1 aliphatic rings. The van der Waals surface area contributed by atoms with Gasteiger partial charge in [-0.15, -0.1) is 21.5 Å². The second-order valence-electron chi connectivity index (χ2n) is 7.43. The molecular formula is C20H17F3N6OS. The van der Waals surface area contributed by atoms with Crippen LogP contribution < -0.4 is 5.32 Å². The van der Waals surface area contributed by atoms with Gasteiger partial charge in [0.2, 0.25) is 11.7 Å². The average Bonchev–Trinajstić information content (AvgIpc) is 3.30. The highest BCUT2D eigenvalue weighted by Crippen LogP contribution is 2.39. The van der Waals surface area contributed by atoms with Crippen LogP contribution in [-0.4, -0.2) is 26.1 Å². The number of hydrogen-bond donors (Lipinski definition) is 1. The van der Waals surface area contributed by atoms with E-state index in [9.17, 15) is 23.2 Å². The topological polar surface area (TPSA) is 96.5 Å². The lowest BCUT2D eigenvalue weighted by Crippen LogP contribution is -2.20. The molecule has 3 aromatic rings. The van der Waals surface area contributed by atoms with Crippen LogP contribution in [0.1, 0.15) is 34.9 Å². The van der Waals surface area contributed by atoms with Crippen LogP contribution >= 0.6 is 11.3 Å². The van der Waals surface area contributed by atoms with E-state index >= 15 is 0 Å². The van der Waals surface area contributed by atoms with Gasteiger partial charge in [-0.2, -0.15) is 23.2 Å². The molecule has 160 valence electrons. The first-order chi connectivity index (χ1) is 14.7. The summed E-state index contributed by atoms with van der Waals surface area (Å²) in [5, 5.41) is 24.5. The van der Waals surface area contributed by atoms with Crippen molar-refractivity contribution in [1.29, 1.82) is 5.26 Å². The molecule has 1 atom stereocenters. The Labute approximate surface area is 179 Å². The van der Waals surface area contributed by atoms with Gasteiger partial charge >= 0.3 is 6.18 Å². The lowest BCUT2D eigenvalue weighted by Gasteiger charge is -2.17. The molecule has 7 nitrogen and oxygen atoms in total. The van der Waals surface area contributed by atoms with E-state index in [2.05, 4.69) is 33.7 Å². The lowest BCUT2D eigenvalue weighted by molar-refractivity contribution is -0.137. The van der Waals surface area contributed by atoms with Gasteiger partial charge in [0, 0.05) is 10.4 Å². The highest BCUT2D eigenvalue weighted by Gasteiger charge is 2.30. The van der Waals surface area contributed by atoms with E-state index in [0.717, 1.165) is 46.6 Å². The fourth-order valence-electron chi connectivity index (χ4n) is 3.49. The molecule has 0 radical (unpaired) electrons. The number of amides is 1. The molecule has 2 aromatic heterocycles. The van der Waals surface area contributed by atoms with Crippen molar-refractivity contribution >= 4 is 22.2 Å². The summed E-state index contributed by atoms with van der Waals surface area (Å²) in [5.74, 6) is 0.239. The zero-order chi connectivity index (χ0) is 22.2. The Kier molecular flexibility index (Phi) is 5.49. The number of thiophene rings is 1. The SMILES string of the molecule is C[C@H]1CCc2c(sc(NC(=O)Cn3nnc(-c4ccc(C(F)(F)F)cc4)n3)c2C#N)C1. The Morgan fingerprint density at radius 3 is 2.77 bits per heavy atom. The maximum Gasteiger partial charge on any atom is 0.416 e. The maximum atomic E-state index is 12.7. The smallest absolute Gasteiger partial charge is 0.315 e. The van der Waals surface area contributed by atoms with Gasteiger partial charge in [-0.05, 0) is 48.1 Å². The number of hydrogen-bond acceptors (Lipinski definition) is 6. The summed E-state index contributed by atoms with van der Waals surface area (Å²) >= 11 is 1.42. The number of nitrogens with zero attached hydrogens (tertiary/aromatic N) is 5. The number of rotatable bonds is 4. The zero-order valence-electron chi connectivity index (χ0n) is 16.4. The number of carbonyl (C=O) groups is 1. The molecule has 31 heavy (non-hydrogen) atoms. The van der Waals surface area contributed by atoms with E-state index in [1.165, 1.54) is 23.5 Å². The number of benzene rings is 1. The van der Waals surface area contributed by atoms with Crippen molar-refractivity contribution in [2.24, 2.45) is 5.92 Å². The summed E-state index contributed by atoms with van der Waals surface area (Å²) in [6, 6.07) is 6.57. The number of halogens is 3. The number of nitrogens with one attached hydrogen (secondary N) is 1. The predicted octanol–water partition coefficient (Wildman–Crippen LogP) is 4.06. The third-order valence-electron chi connectivity index (χ3n) is 5.08. The van der Waals surface area contributed by atoms with Crippen molar-refractivity contribution in [2.75, 3.05) is 5.32 Å². The third-order valence-corrected chi connectivity index (χ3v) is 6.25. The number of aromatic nitrogens is 4. The molecule has 11 heteroatoms. The molecule has 4 rings (SSSR count). The zero-order valence-corrected chi connectivity index (χ0v) is 17.2. The van der Waals surface area contributed by atoms with Crippen LogP contribution in [0, 0.1) is 17.2 Å². The Morgan fingerprint density at radius 2 is 2.10 bits per heavy atom. The van der Waals surface area contributed by atoms with Crippen molar-refractivity contribution < 1.29 is 18.0 Å². The molecule has 1 amide bonds. The second-order valence-corrected chi connectivity index (χ2v) is 8.54. The predicted molar refractivity (Wildman–Crippen MR) is 107 cm³/mol. The number of nitriles is 1. The van der Waals surface area contributed by atoms with Crippen LogP contribution in [0.15, 0.2) is 24.3 Å². The Hall–Kier alpha value is -3.26. The molecule has 0 aliphatic heterocycles. The molecule has 0 bridgehead atoms. The standard InChI is InChI=1S/C20H17F3N6OS/c1-11-2-7-14-15(9-24)19(31-16(14)8-11)25-17(30)10-29-27-18(26-28-29)12-3-5-13(6-4-12)20(21,22)23/h3-6,11H,2,7-8,10H2,1H3,(H,25,30)/t11-/m0/s1. The minimum Gasteiger partial charge on any atom is -0.315 e. The molecule has 0 unspecified atom stereocenters. The molecule has 0 fully saturated rings. The van der Waals surface area contributed by atoms with Gasteiger partial charge in [0.15, 0.2) is 0 Å². The Balaban J connectivity index is 1.45. The highest BCUT2D eigenvalue weighted by molar-refractivity contribution is 7.16. The Bertz CT molecular complexity index is 1160. The summed E-state index contributed by atoms with van der Waals surface area (Å²) in [7, 11) is 0. The second kappa shape index (κ2) is 8.11. The maximum absolute atomic E-state index is 12.7. The van der Waals surface area contributed by atoms with E-state index in [4.69, 9.17) is 0 Å². The fourth-order valence-corrected chi connectivity index (χ4v) is 4.86. The van der Waals surface area contributed by atoms with E-state index in [1.54, 1.807) is 0 Å². The molecule has 0 saturated heterocycles. The largest absolute Gasteiger partial charge is 0.416 e. The normalized spacial score (nSPS) is 15.9. The van der Waals surface area contributed by atoms with Crippen molar-refractivity contribution in [3.05, 3.63) is 45.8 Å². The van der Waals surface area contributed by atoms with E-state index in [0.29, 0.717) is 22.0 Å². The van der Waals surface area contributed by atoms with Crippen LogP contribution in [0.4, 0.5) is 18.2 Å². The molecule has 0 saturated carbocycles. The molecular weight excluding hydrogens is 429 g/mol. The van der Waals surface area contributed by atoms with Crippen LogP contribution in [0.2, 0.25) is 0 Å². The first-order valence-electron chi connectivity index (χ1n) is 9.54. The molecule has 2 heterocycles. The van der Waals surface area contributed by atoms with Gasteiger partial charge in [-0.25, -0.2) is 0 Å². The number of tetrazole rings is 1. The van der Waals surface area contributed by atoms with Gasteiger partial charge in [0.1, 0.15) is 17.6 Å². The van der Waals surface area contributed by atoms with Crippen molar-refractivity contribution in [3.63, 3.8) is 0 Å². The summed E-state index contributed by atoms with van der Waals surface area (Å²) in [6.45, 7) is 1.93. The van der Waals surface area contributed by atoms with Gasteiger partial charge < -0.3 is 5.32 Å². The van der Waals surface area contributed by atoms with Crippen LogP contribution in [0.5, 0.6) is 0 Å². The van der Waals surface area contributed by atoms with E-state index in [-0.39, 0.29) is 12.4 Å². The number of anilines is 1. The van der Waals surface area contributed by atoms with Gasteiger partial charge in [-0.3, -0.25) is 4.79 Å². The summed E-state index contributed by atoms with van der Waals surface area (Å²) in [5.41, 5.74) is 1.11. The number of alkyl halides is 3. The summed E-state index contributed by atoms with van der Waals surface area (Å²) < 4.78 is 38.1. The van der Waals surface area contributed by atoms with Crippen molar-refractivity contribution in [1.82, 2.24) is 20.2 Å². The summed E-state index contributed by atoms with van der Waals surface area (Å²) in [6.07, 6.45) is -1.69. The monoisotopic (exact) mass is 446 g/mol. The van der Waals surface area contributed by atoms with Gasteiger partial charge in [0.25, 0.3) is 0 Å². The van der Waals surface area contributed by atoms with Crippen LogP contribution in [0.25, 0.3) is 11.4 Å². The highest BCUT2D eigenvalue weighted by atomic mass is 32.1. The Morgan fingerprint density at radius 1 is 1.35 bits per heavy atom. The lowest BCUT2D eigenvalue weighted by atomic mass is 9.89. The van der Waals surface area contributed by atoms with E-state index in [1.807, 2.05) is 0 Å². The number of fused-ring (bicyclic) bond motifs is 1. The summed E-state index contributed by atoms with van der Waals surface area (Å²) in [4.78, 5) is 14.7. The number of carbonyl (C=O) groups excluding carboxylic acids is 1. The first kappa shape index (κ1) is 21.0. The fraction of sp³-hybridized carbons (Fsp3) is 0.350. The first-order valence-corrected chi connectivity index (χ1v) is 10.4. The minimum absolute atomic E-state index is 0.111. The van der Waals surface area contributed by atoms with Crippen molar-refractivity contribution in [3.8, 4) is 17.5 Å². The molecule has 1 N–H and O–H groups in total. The third kappa shape index (κ3) is 4.44. The van der Waals surface area contributed by atoms with Crippen molar-refractivity contribution in [2.45, 2.75) is 38.9 Å². The van der Waals surface area contributed by atoms with Gasteiger partial charge in [-0.1, -0.05) is 19.1 Å². The van der Waals surface area contributed by atoms with Crippen LogP contribution in [-0.2, 0) is 30.4 Å². The molecule has 1 aromatic carbocycles. The average molecular weight is 446 g/mol. The van der Waals surface area contributed by atoms with Gasteiger partial charge in [0.05, 0.1) is 11.1 Å². The minimum atomic E-state index is -4.43. The molecule has 1 aliphatic carbocycles. The quantitative estimate of drug-likeness (QED) is 0.652. The van der Waals surface area contributed by atoms with E-state index < -0.39 is 17.6 Å². The van der Waals surface area contributed by atoms with Crippen LogP contribution in [0.3, 0.4) is 0 Å².